The molecule has 0 radical (unpaired) electrons. The maximum Gasteiger partial charge on any atom is 0.319 e. The highest BCUT2D eigenvalue weighted by Gasteiger charge is 2.29. The first kappa shape index (κ1) is 33.7. The van der Waals surface area contributed by atoms with Crippen LogP contribution in [-0.2, 0) is 25.7 Å². The van der Waals surface area contributed by atoms with Crippen LogP contribution in [0.15, 0.2) is 54.9 Å². The molecule has 3 aromatic heterocycles. The Morgan fingerprint density at radius 2 is 1.76 bits per heavy atom. The third kappa shape index (κ3) is 8.66. The summed E-state index contributed by atoms with van der Waals surface area (Å²) in [6.45, 7) is 5.77. The van der Waals surface area contributed by atoms with E-state index < -0.39 is 17.8 Å². The van der Waals surface area contributed by atoms with Crippen molar-refractivity contribution in [3.05, 3.63) is 66.2 Å². The molecule has 3 N–H and O–H groups in total. The van der Waals surface area contributed by atoms with Crippen LogP contribution in [0.25, 0.3) is 20.8 Å². The number of ether oxygens (including phenoxy) is 2. The number of rotatable bonds is 10. The van der Waals surface area contributed by atoms with Crippen molar-refractivity contribution in [1.82, 2.24) is 30.4 Å². The van der Waals surface area contributed by atoms with Crippen LogP contribution in [0.4, 0.5) is 14.9 Å². The molecule has 4 amide bonds. The van der Waals surface area contributed by atoms with Gasteiger partial charge in [-0.25, -0.2) is 9.18 Å². The zero-order chi connectivity index (χ0) is 34.5. The maximum absolute atomic E-state index is 15.1. The average Bonchev–Trinajstić information content (AvgIpc) is 3.49. The van der Waals surface area contributed by atoms with Gasteiger partial charge in [-0.15, -0.1) is 11.3 Å². The predicted octanol–water partition coefficient (Wildman–Crippen LogP) is 4.29. The number of likely N-dealkylation sites (tertiary alicyclic amines) is 2. The van der Waals surface area contributed by atoms with E-state index in [1.165, 1.54) is 37.3 Å². The second-order valence-corrected chi connectivity index (χ2v) is 13.1. The minimum atomic E-state index is -0.642. The molecule has 49 heavy (non-hydrogen) atoms. The van der Waals surface area contributed by atoms with Gasteiger partial charge < -0.3 is 30.3 Å². The minimum absolute atomic E-state index is 0.000363. The van der Waals surface area contributed by atoms with E-state index in [9.17, 15) is 19.2 Å². The highest BCUT2D eigenvalue weighted by atomic mass is 32.1. The number of nitrogens with one attached hydrogen (secondary N) is 3. The number of carbonyl (C=O) groups is 4. The van der Waals surface area contributed by atoms with Gasteiger partial charge in [0.05, 0.1) is 26.8 Å². The van der Waals surface area contributed by atoms with Crippen molar-refractivity contribution in [2.75, 3.05) is 38.1 Å². The van der Waals surface area contributed by atoms with Gasteiger partial charge in [0, 0.05) is 82.8 Å². The molecule has 0 saturated carbocycles. The van der Waals surface area contributed by atoms with Crippen LogP contribution in [0.2, 0.25) is 0 Å². The number of benzene rings is 1. The SMILES string of the molecule is CC(=O)OCC(=O)NC1CCN(Cc2ccc(-c3cc4nccc(Oc5ccc(NC(=O)NC6CN(C(C)=O)C6)cc5F)c4s3)nc2)CC1. The number of piperidine rings is 1. The Morgan fingerprint density at radius 3 is 2.45 bits per heavy atom. The molecule has 0 atom stereocenters. The number of fused-ring (bicyclic) bond motifs is 1. The van der Waals surface area contributed by atoms with Crippen LogP contribution in [0, 0.1) is 5.82 Å². The number of nitrogens with zero attached hydrogens (tertiary/aromatic N) is 4. The molecular formula is C34H36FN7O6S. The molecule has 4 aromatic rings. The van der Waals surface area contributed by atoms with Crippen molar-refractivity contribution in [1.29, 1.82) is 0 Å². The number of aromatic nitrogens is 2. The van der Waals surface area contributed by atoms with Gasteiger partial charge >= 0.3 is 12.0 Å². The van der Waals surface area contributed by atoms with Crippen LogP contribution in [0.5, 0.6) is 11.5 Å². The van der Waals surface area contributed by atoms with E-state index >= 15 is 4.39 Å². The van der Waals surface area contributed by atoms with Crippen LogP contribution in [-0.4, -0.2) is 88.5 Å². The lowest BCUT2D eigenvalue weighted by Gasteiger charge is -2.38. The Bertz CT molecular complexity index is 1860. The quantitative estimate of drug-likeness (QED) is 0.207. The van der Waals surface area contributed by atoms with E-state index in [2.05, 4.69) is 25.8 Å². The third-order valence-corrected chi connectivity index (χ3v) is 9.45. The van der Waals surface area contributed by atoms with Crippen molar-refractivity contribution in [3.8, 4) is 22.1 Å². The van der Waals surface area contributed by atoms with E-state index in [1.54, 1.807) is 23.2 Å². The average molecular weight is 690 g/mol. The van der Waals surface area contributed by atoms with Crippen molar-refractivity contribution in [2.45, 2.75) is 45.3 Å². The Labute approximate surface area is 285 Å². The molecule has 0 aliphatic carbocycles. The summed E-state index contributed by atoms with van der Waals surface area (Å²) in [5, 5.41) is 8.30. The maximum atomic E-state index is 15.1. The summed E-state index contributed by atoms with van der Waals surface area (Å²) in [5.74, 6) is -0.998. The van der Waals surface area contributed by atoms with Crippen molar-refractivity contribution in [2.24, 2.45) is 0 Å². The molecule has 15 heteroatoms. The molecule has 2 saturated heterocycles. The Balaban J connectivity index is 1.03. The second-order valence-electron chi connectivity index (χ2n) is 12.1. The summed E-state index contributed by atoms with van der Waals surface area (Å²) in [7, 11) is 0. The van der Waals surface area contributed by atoms with Gasteiger partial charge in [0.15, 0.2) is 18.2 Å². The van der Waals surface area contributed by atoms with E-state index in [0.29, 0.717) is 24.4 Å². The van der Waals surface area contributed by atoms with Gasteiger partial charge in [-0.2, -0.15) is 0 Å². The molecule has 0 unspecified atom stereocenters. The number of thiophene rings is 1. The summed E-state index contributed by atoms with van der Waals surface area (Å²) in [4.78, 5) is 60.5. The fourth-order valence-corrected chi connectivity index (χ4v) is 6.72. The summed E-state index contributed by atoms with van der Waals surface area (Å²) >= 11 is 1.45. The number of esters is 1. The molecular weight excluding hydrogens is 653 g/mol. The lowest BCUT2D eigenvalue weighted by atomic mass is 10.0. The van der Waals surface area contributed by atoms with E-state index in [0.717, 1.165) is 53.3 Å². The lowest BCUT2D eigenvalue weighted by Crippen LogP contribution is -2.61. The van der Waals surface area contributed by atoms with E-state index in [4.69, 9.17) is 14.5 Å². The van der Waals surface area contributed by atoms with Gasteiger partial charge in [-0.05, 0) is 42.7 Å². The number of halogens is 1. The summed E-state index contributed by atoms with van der Waals surface area (Å²) < 4.78 is 26.5. The van der Waals surface area contributed by atoms with E-state index in [1.807, 2.05) is 24.4 Å². The molecule has 2 fully saturated rings. The Morgan fingerprint density at radius 1 is 0.959 bits per heavy atom. The highest BCUT2D eigenvalue weighted by molar-refractivity contribution is 7.22. The fourth-order valence-electron chi connectivity index (χ4n) is 5.67. The largest absolute Gasteiger partial charge is 0.456 e. The topological polar surface area (TPSA) is 155 Å². The molecule has 6 rings (SSSR count). The first-order valence-electron chi connectivity index (χ1n) is 15.9. The lowest BCUT2D eigenvalue weighted by molar-refractivity contribution is -0.146. The first-order valence-corrected chi connectivity index (χ1v) is 16.7. The Kier molecular flexibility index (Phi) is 10.3. The zero-order valence-electron chi connectivity index (χ0n) is 27.0. The number of hydrogen-bond donors (Lipinski definition) is 3. The molecule has 256 valence electrons. The summed E-state index contributed by atoms with van der Waals surface area (Å²) in [6, 6.07) is 11.2. The molecule has 0 bridgehead atoms. The van der Waals surface area contributed by atoms with Gasteiger partial charge in [-0.1, -0.05) is 6.07 Å². The number of pyridine rings is 2. The van der Waals surface area contributed by atoms with E-state index in [-0.39, 0.29) is 41.9 Å². The molecule has 1 aromatic carbocycles. The monoisotopic (exact) mass is 689 g/mol. The van der Waals surface area contributed by atoms with Gasteiger partial charge in [0.2, 0.25) is 5.91 Å². The van der Waals surface area contributed by atoms with Crippen molar-refractivity contribution >= 4 is 51.1 Å². The molecule has 2 aliphatic heterocycles. The standard InChI is InChI=1S/C34H36FN7O6S/c1-20(43)42-17-25(18-42)40-34(46)39-24-4-6-29(26(35)13-24)48-30-7-10-36-28-14-31(49-33(28)30)27-5-3-22(15-37-27)16-41-11-8-23(9-12-41)38-32(45)19-47-21(2)44/h3-7,10,13-15,23,25H,8-9,11-12,16-19H2,1-2H3,(H,38,45)(H2,39,40,46). The fraction of sp³-hybridized carbons (Fsp3) is 0.353. The third-order valence-electron chi connectivity index (χ3n) is 8.29. The number of anilines is 1. The van der Waals surface area contributed by atoms with Gasteiger partial charge in [-0.3, -0.25) is 29.3 Å². The summed E-state index contributed by atoms with van der Waals surface area (Å²) in [6.07, 6.45) is 5.07. The van der Waals surface area contributed by atoms with Crippen molar-refractivity contribution < 1.29 is 33.0 Å². The highest BCUT2D eigenvalue weighted by Crippen LogP contribution is 2.39. The number of urea groups is 1. The smallest absolute Gasteiger partial charge is 0.319 e. The Hall–Kier alpha value is -5.15. The molecule has 0 spiro atoms. The second kappa shape index (κ2) is 15.0. The summed E-state index contributed by atoms with van der Waals surface area (Å²) in [5.41, 5.74) is 2.81. The normalized spacial score (nSPS) is 15.4. The van der Waals surface area contributed by atoms with Crippen molar-refractivity contribution in [3.63, 3.8) is 0 Å². The van der Waals surface area contributed by atoms with Crippen LogP contribution >= 0.6 is 11.3 Å². The number of hydrogen-bond acceptors (Lipinski definition) is 10. The number of amides is 4. The van der Waals surface area contributed by atoms with Crippen LogP contribution in [0.1, 0.15) is 32.3 Å². The predicted molar refractivity (Wildman–Crippen MR) is 181 cm³/mol. The molecule has 2 aliphatic rings. The first-order chi connectivity index (χ1) is 23.6. The molecule has 5 heterocycles. The minimum Gasteiger partial charge on any atom is -0.456 e. The van der Waals surface area contributed by atoms with Gasteiger partial charge in [0.1, 0.15) is 5.75 Å². The number of carbonyl (C=O) groups excluding carboxylic acids is 4. The zero-order valence-corrected chi connectivity index (χ0v) is 27.8. The van der Waals surface area contributed by atoms with Crippen LogP contribution in [0.3, 0.4) is 0 Å². The molecule has 13 nitrogen and oxygen atoms in total. The van der Waals surface area contributed by atoms with Crippen LogP contribution < -0.4 is 20.7 Å². The van der Waals surface area contributed by atoms with Gasteiger partial charge in [0.25, 0.3) is 5.91 Å².